The number of amides is 1. The van der Waals surface area contributed by atoms with Crippen LogP contribution >= 0.6 is 0 Å². The van der Waals surface area contributed by atoms with Crippen LogP contribution in [-0.2, 0) is 16.6 Å². The molecule has 4 rings (SSSR count). The Balaban J connectivity index is 1.46. The third kappa shape index (κ3) is 4.41. The van der Waals surface area contributed by atoms with Gasteiger partial charge in [-0.2, -0.15) is 0 Å². The first-order chi connectivity index (χ1) is 14.8. The zero-order chi connectivity index (χ0) is 22.0. The first kappa shape index (κ1) is 20.9. The van der Waals surface area contributed by atoms with Gasteiger partial charge in [-0.05, 0) is 56.7 Å². The van der Waals surface area contributed by atoms with Gasteiger partial charge in [-0.15, -0.1) is 0 Å². The summed E-state index contributed by atoms with van der Waals surface area (Å²) in [5.74, 6) is 0.964. The van der Waals surface area contributed by atoms with Crippen LogP contribution in [0.15, 0.2) is 53.1 Å². The molecule has 0 atom stereocenters. The van der Waals surface area contributed by atoms with Crippen molar-refractivity contribution in [1.82, 2.24) is 5.16 Å². The number of sulfonamides is 1. The summed E-state index contributed by atoms with van der Waals surface area (Å²) in [6.07, 6.45) is 0.617. The summed E-state index contributed by atoms with van der Waals surface area (Å²) in [6.45, 7) is 4.37. The van der Waals surface area contributed by atoms with E-state index in [1.54, 1.807) is 48.5 Å². The van der Waals surface area contributed by atoms with E-state index < -0.39 is 10.0 Å². The van der Waals surface area contributed by atoms with Gasteiger partial charge in [-0.3, -0.25) is 9.10 Å². The molecule has 2 aromatic carbocycles. The molecule has 1 aromatic heterocycles. The zero-order valence-corrected chi connectivity index (χ0v) is 18.1. The molecule has 0 radical (unpaired) electrons. The molecule has 8 nitrogen and oxygen atoms in total. The number of nitrogens with zero attached hydrogens (tertiary/aromatic N) is 2. The molecule has 0 aliphatic carbocycles. The fourth-order valence-electron chi connectivity index (χ4n) is 3.48. The molecule has 1 aliphatic rings. The van der Waals surface area contributed by atoms with Crippen molar-refractivity contribution in [3.05, 3.63) is 71.1 Å². The van der Waals surface area contributed by atoms with Crippen molar-refractivity contribution in [3.8, 4) is 5.75 Å². The SMILES string of the molecule is Cc1noc(C)c1COc1ccccc1C(=O)Nc1ccc(N2CCCS2(=O)=O)cc1. The molecule has 1 N–H and O–H groups in total. The third-order valence-electron chi connectivity index (χ3n) is 5.20. The fraction of sp³-hybridized carbons (Fsp3) is 0.273. The van der Waals surface area contributed by atoms with Crippen LogP contribution in [-0.4, -0.2) is 31.8 Å². The molecule has 3 aromatic rings. The minimum absolute atomic E-state index is 0.163. The van der Waals surface area contributed by atoms with E-state index in [1.807, 2.05) is 13.8 Å². The quantitative estimate of drug-likeness (QED) is 0.626. The van der Waals surface area contributed by atoms with Crippen molar-refractivity contribution in [1.29, 1.82) is 0 Å². The number of aryl methyl sites for hydroxylation is 2. The van der Waals surface area contributed by atoms with Gasteiger partial charge in [0.05, 0.1) is 28.3 Å². The van der Waals surface area contributed by atoms with Crippen LogP contribution in [0.4, 0.5) is 11.4 Å². The van der Waals surface area contributed by atoms with Gasteiger partial charge in [0.1, 0.15) is 18.1 Å². The first-order valence-corrected chi connectivity index (χ1v) is 11.5. The van der Waals surface area contributed by atoms with Crippen LogP contribution < -0.4 is 14.4 Å². The lowest BCUT2D eigenvalue weighted by molar-refractivity contribution is 0.102. The lowest BCUT2D eigenvalue weighted by Gasteiger charge is -2.17. The molecule has 2 heterocycles. The summed E-state index contributed by atoms with van der Waals surface area (Å²) in [4.78, 5) is 12.8. The van der Waals surface area contributed by atoms with Crippen molar-refractivity contribution >= 4 is 27.3 Å². The molecule has 31 heavy (non-hydrogen) atoms. The molecule has 9 heteroatoms. The van der Waals surface area contributed by atoms with E-state index in [9.17, 15) is 13.2 Å². The summed E-state index contributed by atoms with van der Waals surface area (Å²) in [5.41, 5.74) is 3.15. The highest BCUT2D eigenvalue weighted by molar-refractivity contribution is 7.93. The largest absolute Gasteiger partial charge is 0.488 e. The lowest BCUT2D eigenvalue weighted by Crippen LogP contribution is -2.25. The summed E-state index contributed by atoms with van der Waals surface area (Å²) in [6, 6.07) is 13.7. The average molecular weight is 442 g/mol. The molecular formula is C22H23N3O5S. The van der Waals surface area contributed by atoms with Crippen molar-refractivity contribution in [3.63, 3.8) is 0 Å². The van der Waals surface area contributed by atoms with E-state index in [4.69, 9.17) is 9.26 Å². The number of nitrogens with one attached hydrogen (secondary N) is 1. The first-order valence-electron chi connectivity index (χ1n) is 9.90. The van der Waals surface area contributed by atoms with E-state index in [0.29, 0.717) is 41.4 Å². The second kappa shape index (κ2) is 8.43. The van der Waals surface area contributed by atoms with Crippen LogP contribution in [0.25, 0.3) is 0 Å². The van der Waals surface area contributed by atoms with E-state index in [1.165, 1.54) is 4.31 Å². The highest BCUT2D eigenvalue weighted by Crippen LogP contribution is 2.26. The predicted octanol–water partition coefficient (Wildman–Crippen LogP) is 3.66. The Morgan fingerprint density at radius 1 is 1.16 bits per heavy atom. The van der Waals surface area contributed by atoms with Crippen LogP contribution in [0.3, 0.4) is 0 Å². The van der Waals surface area contributed by atoms with Gasteiger partial charge >= 0.3 is 0 Å². The van der Waals surface area contributed by atoms with Gasteiger partial charge < -0.3 is 14.6 Å². The smallest absolute Gasteiger partial charge is 0.259 e. The van der Waals surface area contributed by atoms with Crippen molar-refractivity contribution in [2.24, 2.45) is 0 Å². The molecule has 0 bridgehead atoms. The Morgan fingerprint density at radius 2 is 1.90 bits per heavy atom. The summed E-state index contributed by atoms with van der Waals surface area (Å²) in [7, 11) is -3.24. The molecule has 0 spiro atoms. The topological polar surface area (TPSA) is 102 Å². The third-order valence-corrected chi connectivity index (χ3v) is 7.07. The Labute approximate surface area is 180 Å². The Bertz CT molecular complexity index is 1180. The van der Waals surface area contributed by atoms with Gasteiger partial charge in [-0.1, -0.05) is 17.3 Å². The Kier molecular flexibility index (Phi) is 5.69. The minimum atomic E-state index is -3.24. The molecule has 0 unspecified atom stereocenters. The van der Waals surface area contributed by atoms with E-state index in [0.717, 1.165) is 11.3 Å². The number of rotatable bonds is 6. The van der Waals surface area contributed by atoms with Gasteiger partial charge in [0, 0.05) is 12.2 Å². The number of aromatic nitrogens is 1. The molecule has 1 fully saturated rings. The van der Waals surface area contributed by atoms with Crippen LogP contribution in [0.1, 0.15) is 33.8 Å². The van der Waals surface area contributed by atoms with Crippen molar-refractivity contribution in [2.45, 2.75) is 26.9 Å². The monoisotopic (exact) mass is 441 g/mol. The van der Waals surface area contributed by atoms with Gasteiger partial charge in [0.15, 0.2) is 0 Å². The van der Waals surface area contributed by atoms with E-state index in [-0.39, 0.29) is 18.3 Å². The minimum Gasteiger partial charge on any atom is -0.488 e. The number of carbonyl (C=O) groups is 1. The molecule has 1 saturated heterocycles. The number of benzene rings is 2. The van der Waals surface area contributed by atoms with E-state index in [2.05, 4.69) is 10.5 Å². The summed E-state index contributed by atoms with van der Waals surface area (Å²) >= 11 is 0. The Morgan fingerprint density at radius 3 is 2.55 bits per heavy atom. The van der Waals surface area contributed by atoms with Crippen LogP contribution in [0.5, 0.6) is 5.75 Å². The molecule has 162 valence electrons. The Hall–Kier alpha value is -3.33. The fourth-order valence-corrected chi connectivity index (χ4v) is 5.04. The maximum Gasteiger partial charge on any atom is 0.259 e. The number of hydrogen-bond acceptors (Lipinski definition) is 6. The highest BCUT2D eigenvalue weighted by Gasteiger charge is 2.28. The second-order valence-corrected chi connectivity index (χ2v) is 9.34. The standard InChI is InChI=1S/C22H23N3O5S/c1-15-20(16(2)30-24-15)14-29-21-7-4-3-6-19(21)22(26)23-17-8-10-18(11-9-17)25-12-5-13-31(25,27)28/h3-4,6-11H,5,12-14H2,1-2H3,(H,23,26). The summed E-state index contributed by atoms with van der Waals surface area (Å²) in [5, 5.41) is 6.75. The number of hydrogen-bond donors (Lipinski definition) is 1. The predicted molar refractivity (Wildman–Crippen MR) is 117 cm³/mol. The zero-order valence-electron chi connectivity index (χ0n) is 17.3. The van der Waals surface area contributed by atoms with Crippen molar-refractivity contribution < 1.29 is 22.5 Å². The maximum absolute atomic E-state index is 12.8. The van der Waals surface area contributed by atoms with Crippen LogP contribution in [0, 0.1) is 13.8 Å². The number of carbonyl (C=O) groups excluding carboxylic acids is 1. The average Bonchev–Trinajstić information content (AvgIpc) is 3.27. The lowest BCUT2D eigenvalue weighted by atomic mass is 10.1. The van der Waals surface area contributed by atoms with Gasteiger partial charge in [0.25, 0.3) is 5.91 Å². The maximum atomic E-state index is 12.8. The van der Waals surface area contributed by atoms with E-state index >= 15 is 0 Å². The normalized spacial score (nSPS) is 15.1. The van der Waals surface area contributed by atoms with Gasteiger partial charge in [-0.25, -0.2) is 8.42 Å². The van der Waals surface area contributed by atoms with Crippen LogP contribution in [0.2, 0.25) is 0 Å². The number of para-hydroxylation sites is 1. The molecule has 0 saturated carbocycles. The molecule has 1 aliphatic heterocycles. The number of anilines is 2. The highest BCUT2D eigenvalue weighted by atomic mass is 32.2. The molecular weight excluding hydrogens is 418 g/mol. The molecule has 1 amide bonds. The summed E-state index contributed by atoms with van der Waals surface area (Å²) < 4.78 is 36.6. The van der Waals surface area contributed by atoms with Crippen molar-refractivity contribution in [2.75, 3.05) is 21.9 Å². The van der Waals surface area contributed by atoms with Gasteiger partial charge in [0.2, 0.25) is 10.0 Å². The second-order valence-electron chi connectivity index (χ2n) is 7.33. The number of ether oxygens (including phenoxy) is 1.